The Bertz CT molecular complexity index is 1310. The molecule has 0 aromatic rings. The fourth-order valence-corrected chi connectivity index (χ4v) is 7.19. The van der Waals surface area contributed by atoms with Crippen LogP contribution in [0, 0.1) is 0 Å². The van der Waals surface area contributed by atoms with E-state index >= 15 is 0 Å². The lowest BCUT2D eigenvalue weighted by Crippen LogP contribution is -2.30. The Morgan fingerprint density at radius 3 is 1.12 bits per heavy atom. The maximum Gasteiger partial charge on any atom is 0.306 e. The molecule has 370 valence electrons. The number of rotatable bonds is 47. The van der Waals surface area contributed by atoms with Crippen molar-refractivity contribution < 1.29 is 28.6 Å². The minimum absolute atomic E-state index is 0.125. The second-order valence-electron chi connectivity index (χ2n) is 17.5. The first kappa shape index (κ1) is 61.3. The van der Waals surface area contributed by atoms with Crippen LogP contribution in [0.15, 0.2) is 97.2 Å². The van der Waals surface area contributed by atoms with Crippen molar-refractivity contribution >= 4 is 17.9 Å². The summed E-state index contributed by atoms with van der Waals surface area (Å²) in [6.45, 7) is 6.38. The minimum Gasteiger partial charge on any atom is -0.462 e. The predicted octanol–water partition coefficient (Wildman–Crippen LogP) is 17.8. The van der Waals surface area contributed by atoms with E-state index in [1.54, 1.807) is 0 Å². The van der Waals surface area contributed by atoms with Crippen LogP contribution in [0.25, 0.3) is 0 Å². The van der Waals surface area contributed by atoms with Crippen LogP contribution in [-0.4, -0.2) is 37.2 Å². The molecular weight excluding hydrogens is 805 g/mol. The van der Waals surface area contributed by atoms with Crippen LogP contribution >= 0.6 is 0 Å². The second-order valence-corrected chi connectivity index (χ2v) is 17.5. The van der Waals surface area contributed by atoms with E-state index in [2.05, 4.69) is 63.3 Å². The molecule has 6 nitrogen and oxygen atoms in total. The Morgan fingerprint density at radius 1 is 0.338 bits per heavy atom. The van der Waals surface area contributed by atoms with Gasteiger partial charge in [0.25, 0.3) is 0 Å². The van der Waals surface area contributed by atoms with E-state index in [0.29, 0.717) is 19.3 Å². The van der Waals surface area contributed by atoms with Crippen molar-refractivity contribution in [1.29, 1.82) is 0 Å². The average molecular weight is 903 g/mol. The minimum atomic E-state index is -0.825. The number of carbonyl (C=O) groups is 3. The zero-order chi connectivity index (χ0) is 47.2. The summed E-state index contributed by atoms with van der Waals surface area (Å²) in [5.74, 6) is -1.05. The van der Waals surface area contributed by atoms with Gasteiger partial charge in [0.1, 0.15) is 13.2 Å². The maximum absolute atomic E-state index is 12.8. The quantitative estimate of drug-likeness (QED) is 0.0199. The van der Waals surface area contributed by atoms with Crippen molar-refractivity contribution in [3.63, 3.8) is 0 Å². The molecule has 0 saturated carbocycles. The monoisotopic (exact) mass is 903 g/mol. The molecule has 0 aliphatic carbocycles. The van der Waals surface area contributed by atoms with Crippen LogP contribution in [0.2, 0.25) is 0 Å². The van der Waals surface area contributed by atoms with Gasteiger partial charge < -0.3 is 14.2 Å². The highest BCUT2D eigenvalue weighted by Crippen LogP contribution is 2.15. The molecule has 0 spiro atoms. The van der Waals surface area contributed by atoms with E-state index in [0.717, 1.165) is 51.4 Å². The molecule has 0 heterocycles. The SMILES string of the molecule is CC/C=C/C=C/C=C/C=C/C=C/CCCC(=O)OCC(COC(=O)CCC/C=C/C/C=C/C/C=C/CCCCCCCC)OC(=O)CCCCCCCCCCCCCCCCCCC. The molecule has 0 rings (SSSR count). The third-order valence-corrected chi connectivity index (χ3v) is 11.2. The van der Waals surface area contributed by atoms with Crippen molar-refractivity contribution in [2.24, 2.45) is 0 Å². The van der Waals surface area contributed by atoms with Gasteiger partial charge in [0.2, 0.25) is 0 Å². The summed E-state index contributed by atoms with van der Waals surface area (Å²) in [5.41, 5.74) is 0. The van der Waals surface area contributed by atoms with Gasteiger partial charge in [-0.25, -0.2) is 0 Å². The Balaban J connectivity index is 4.52. The van der Waals surface area contributed by atoms with E-state index in [1.165, 1.54) is 135 Å². The zero-order valence-electron chi connectivity index (χ0n) is 42.2. The summed E-state index contributed by atoms with van der Waals surface area (Å²) < 4.78 is 16.7. The lowest BCUT2D eigenvalue weighted by molar-refractivity contribution is -0.167. The smallest absolute Gasteiger partial charge is 0.306 e. The third-order valence-electron chi connectivity index (χ3n) is 11.2. The van der Waals surface area contributed by atoms with E-state index < -0.39 is 6.10 Å². The van der Waals surface area contributed by atoms with Crippen LogP contribution in [0.5, 0.6) is 0 Å². The Labute approximate surface area is 400 Å². The van der Waals surface area contributed by atoms with Gasteiger partial charge in [-0.1, -0.05) is 253 Å². The van der Waals surface area contributed by atoms with Crippen molar-refractivity contribution in [2.45, 2.75) is 245 Å². The van der Waals surface area contributed by atoms with Gasteiger partial charge in [0, 0.05) is 19.3 Å². The van der Waals surface area contributed by atoms with Crippen molar-refractivity contribution in [1.82, 2.24) is 0 Å². The third kappa shape index (κ3) is 51.2. The van der Waals surface area contributed by atoms with Gasteiger partial charge in [0.05, 0.1) is 0 Å². The molecule has 0 aromatic carbocycles. The summed E-state index contributed by atoms with van der Waals surface area (Å²) >= 11 is 0. The molecule has 0 aliphatic rings. The molecule has 0 amide bonds. The number of carbonyl (C=O) groups excluding carboxylic acids is 3. The number of unbranched alkanes of at least 4 members (excludes halogenated alkanes) is 24. The topological polar surface area (TPSA) is 78.9 Å². The predicted molar refractivity (Wildman–Crippen MR) is 279 cm³/mol. The van der Waals surface area contributed by atoms with Gasteiger partial charge in [-0.15, -0.1) is 0 Å². The first-order chi connectivity index (χ1) is 32.0. The summed E-state index contributed by atoms with van der Waals surface area (Å²) in [7, 11) is 0. The number of ether oxygens (including phenoxy) is 3. The molecule has 1 atom stereocenters. The molecule has 0 bridgehead atoms. The van der Waals surface area contributed by atoms with Crippen molar-refractivity contribution in [3.8, 4) is 0 Å². The molecule has 6 heteroatoms. The highest BCUT2D eigenvalue weighted by Gasteiger charge is 2.19. The maximum atomic E-state index is 12.8. The van der Waals surface area contributed by atoms with Gasteiger partial charge in [0.15, 0.2) is 6.10 Å². The molecule has 65 heavy (non-hydrogen) atoms. The number of allylic oxidation sites excluding steroid dienone is 16. The molecule has 0 radical (unpaired) electrons. The molecule has 0 saturated heterocycles. The van der Waals surface area contributed by atoms with Gasteiger partial charge >= 0.3 is 17.9 Å². The van der Waals surface area contributed by atoms with Crippen LogP contribution in [0.4, 0.5) is 0 Å². The van der Waals surface area contributed by atoms with E-state index in [1.807, 2.05) is 54.7 Å². The molecular formula is C59H98O6. The van der Waals surface area contributed by atoms with E-state index in [-0.39, 0.29) is 44.0 Å². The standard InChI is InChI=1S/C59H98O6/c1-4-7-10-13-16-19-22-25-27-29-31-34-37-40-43-46-49-52-58(61)64-55-56(54-63-57(60)51-48-45-42-39-36-33-24-21-18-15-12-9-6-3)65-59(62)53-50-47-44-41-38-35-32-30-28-26-23-20-17-14-11-8-5-2/h9,12,15,18,21,24-25,27,31,33-34,36,39-40,42-43,56H,4-8,10-11,13-14,16-17,19-20,22-23,26,28-30,32,35,37-38,41,44-55H2,1-3H3/b12-9+,18-15+,24-21+,27-25+,34-31+,36-33+,42-39+,43-40+. The van der Waals surface area contributed by atoms with Crippen molar-refractivity contribution in [2.75, 3.05) is 13.2 Å². The summed E-state index contributed by atoms with van der Waals surface area (Å²) in [4.78, 5) is 38.0. The second kappa shape index (κ2) is 52.9. The Hall–Kier alpha value is -3.67. The Kier molecular flexibility index (Phi) is 50.0. The largest absolute Gasteiger partial charge is 0.462 e. The molecule has 0 fully saturated rings. The fraction of sp³-hybridized carbons (Fsp3) is 0.678. The van der Waals surface area contributed by atoms with E-state index in [9.17, 15) is 14.4 Å². The van der Waals surface area contributed by atoms with Crippen molar-refractivity contribution in [3.05, 3.63) is 97.2 Å². The van der Waals surface area contributed by atoms with Crippen LogP contribution in [0.1, 0.15) is 239 Å². The fourth-order valence-electron chi connectivity index (χ4n) is 7.19. The van der Waals surface area contributed by atoms with Crippen LogP contribution in [0.3, 0.4) is 0 Å². The first-order valence-electron chi connectivity index (χ1n) is 26.8. The van der Waals surface area contributed by atoms with Crippen LogP contribution < -0.4 is 0 Å². The summed E-state index contributed by atoms with van der Waals surface area (Å²) in [5, 5.41) is 0. The Morgan fingerprint density at radius 2 is 0.677 bits per heavy atom. The number of hydrogen-bond donors (Lipinski definition) is 0. The molecule has 0 aromatic heterocycles. The summed E-state index contributed by atoms with van der Waals surface area (Å²) in [6.07, 6.45) is 69.8. The highest BCUT2D eigenvalue weighted by atomic mass is 16.6. The molecule has 0 N–H and O–H groups in total. The lowest BCUT2D eigenvalue weighted by atomic mass is 10.0. The molecule has 0 aliphatic heterocycles. The van der Waals surface area contributed by atoms with Gasteiger partial charge in [-0.3, -0.25) is 14.4 Å². The zero-order valence-corrected chi connectivity index (χ0v) is 42.2. The number of esters is 3. The lowest BCUT2D eigenvalue weighted by Gasteiger charge is -2.18. The van der Waals surface area contributed by atoms with Gasteiger partial charge in [-0.2, -0.15) is 0 Å². The molecule has 1 unspecified atom stereocenters. The van der Waals surface area contributed by atoms with Crippen LogP contribution in [-0.2, 0) is 28.6 Å². The van der Waals surface area contributed by atoms with Gasteiger partial charge in [-0.05, 0) is 64.2 Å². The average Bonchev–Trinajstić information content (AvgIpc) is 3.30. The first-order valence-corrected chi connectivity index (χ1v) is 26.8. The number of hydrogen-bond acceptors (Lipinski definition) is 6. The normalized spacial score (nSPS) is 12.8. The van der Waals surface area contributed by atoms with E-state index in [4.69, 9.17) is 14.2 Å². The summed E-state index contributed by atoms with van der Waals surface area (Å²) in [6, 6.07) is 0. The highest BCUT2D eigenvalue weighted by molar-refractivity contribution is 5.71.